The number of nitrogens with one attached hydrogen (secondary N) is 1. The number of carbonyl (C=O) groups is 2. The number of thioether (sulfide) groups is 1. The van der Waals surface area contributed by atoms with Gasteiger partial charge in [0.15, 0.2) is 0 Å². The van der Waals surface area contributed by atoms with Gasteiger partial charge in [0.05, 0.1) is 0 Å². The van der Waals surface area contributed by atoms with Crippen molar-refractivity contribution in [2.45, 2.75) is 37.5 Å². The lowest BCUT2D eigenvalue weighted by molar-refractivity contribution is -0.146. The largest absolute Gasteiger partial charge is 0.480 e. The van der Waals surface area contributed by atoms with E-state index in [-0.39, 0.29) is 6.03 Å². The summed E-state index contributed by atoms with van der Waals surface area (Å²) in [7, 11) is 1.51. The van der Waals surface area contributed by atoms with E-state index in [0.29, 0.717) is 11.8 Å². The molecule has 0 bridgehead atoms. The minimum Gasteiger partial charge on any atom is -0.480 e. The zero-order chi connectivity index (χ0) is 13.1. The Morgan fingerprint density at radius 2 is 2.18 bits per heavy atom. The Morgan fingerprint density at radius 1 is 1.53 bits per heavy atom. The molecule has 0 radical (unpaired) electrons. The van der Waals surface area contributed by atoms with Crippen LogP contribution in [0.5, 0.6) is 0 Å². The van der Waals surface area contributed by atoms with E-state index in [1.54, 1.807) is 0 Å². The smallest absolute Gasteiger partial charge is 0.329 e. The summed E-state index contributed by atoms with van der Waals surface area (Å²) in [6.07, 6.45) is 2.32. The number of carboxylic acid groups (broad SMARTS) is 1. The summed E-state index contributed by atoms with van der Waals surface area (Å²) in [5.41, 5.74) is -1.19. The van der Waals surface area contributed by atoms with Gasteiger partial charge in [-0.1, -0.05) is 0 Å². The molecule has 98 valence electrons. The summed E-state index contributed by atoms with van der Waals surface area (Å²) in [6, 6.07) is -0.329. The average molecular weight is 260 g/mol. The molecule has 0 aromatic rings. The summed E-state index contributed by atoms with van der Waals surface area (Å²) in [5.74, 6) is 0.141. The van der Waals surface area contributed by atoms with Crippen molar-refractivity contribution >= 4 is 23.8 Å². The number of nitrogens with zero attached hydrogens (tertiary/aromatic N) is 1. The van der Waals surface area contributed by atoms with Crippen LogP contribution < -0.4 is 5.32 Å². The monoisotopic (exact) mass is 260 g/mol. The maximum absolute atomic E-state index is 11.8. The van der Waals surface area contributed by atoms with Gasteiger partial charge < -0.3 is 15.3 Å². The molecule has 0 saturated carbocycles. The van der Waals surface area contributed by atoms with E-state index in [4.69, 9.17) is 5.11 Å². The second-order valence-corrected chi connectivity index (χ2v) is 6.15. The lowest BCUT2D eigenvalue weighted by Crippen LogP contribution is -2.54. The van der Waals surface area contributed by atoms with E-state index in [2.05, 4.69) is 5.32 Å². The fourth-order valence-corrected chi connectivity index (χ4v) is 2.72. The lowest BCUT2D eigenvalue weighted by atomic mass is 10.1. The van der Waals surface area contributed by atoms with Crippen molar-refractivity contribution in [3.63, 3.8) is 0 Å². The van der Waals surface area contributed by atoms with E-state index in [1.807, 2.05) is 11.8 Å². The van der Waals surface area contributed by atoms with Gasteiger partial charge in [0.1, 0.15) is 5.54 Å². The Hall–Kier alpha value is -0.910. The van der Waals surface area contributed by atoms with Gasteiger partial charge in [-0.2, -0.15) is 11.8 Å². The SMILES string of the molecule is CN(C(=O)NCC1CCCS1)C(C)(C)C(=O)O. The van der Waals surface area contributed by atoms with Crippen LogP contribution in [0.2, 0.25) is 0 Å². The van der Waals surface area contributed by atoms with Crippen LogP contribution in [0.15, 0.2) is 0 Å². The number of rotatable bonds is 4. The first-order valence-electron chi connectivity index (χ1n) is 5.72. The molecule has 0 aromatic carbocycles. The molecular weight excluding hydrogens is 240 g/mol. The molecule has 1 aliphatic heterocycles. The maximum atomic E-state index is 11.8. The second kappa shape index (κ2) is 5.62. The summed E-state index contributed by atoms with van der Waals surface area (Å²) < 4.78 is 0. The number of amides is 2. The molecule has 0 aromatic heterocycles. The number of hydrogen-bond donors (Lipinski definition) is 2. The highest BCUT2D eigenvalue weighted by atomic mass is 32.2. The van der Waals surface area contributed by atoms with Crippen molar-refractivity contribution in [1.82, 2.24) is 10.2 Å². The van der Waals surface area contributed by atoms with Crippen molar-refractivity contribution < 1.29 is 14.7 Å². The standard InChI is InChI=1S/C11H20N2O3S/c1-11(2,9(14)15)13(3)10(16)12-7-8-5-4-6-17-8/h8H,4-7H2,1-3H3,(H,12,16)(H,14,15). The topological polar surface area (TPSA) is 69.6 Å². The first-order valence-corrected chi connectivity index (χ1v) is 6.77. The Bertz CT molecular complexity index is 301. The van der Waals surface area contributed by atoms with E-state index < -0.39 is 11.5 Å². The average Bonchev–Trinajstić information content (AvgIpc) is 2.77. The molecule has 0 spiro atoms. The number of urea groups is 1. The molecule has 1 rings (SSSR count). The number of hydrogen-bond acceptors (Lipinski definition) is 3. The van der Waals surface area contributed by atoms with Crippen molar-refractivity contribution in [2.24, 2.45) is 0 Å². The van der Waals surface area contributed by atoms with Crippen molar-refractivity contribution in [2.75, 3.05) is 19.3 Å². The Morgan fingerprint density at radius 3 is 2.65 bits per heavy atom. The van der Waals surface area contributed by atoms with Crippen LogP contribution in [0.25, 0.3) is 0 Å². The molecule has 1 saturated heterocycles. The third-order valence-corrected chi connectivity index (χ3v) is 4.57. The van der Waals surface area contributed by atoms with Gasteiger partial charge >= 0.3 is 12.0 Å². The van der Waals surface area contributed by atoms with Crippen LogP contribution in [0.3, 0.4) is 0 Å². The van der Waals surface area contributed by atoms with Gasteiger partial charge in [-0.25, -0.2) is 9.59 Å². The minimum absolute atomic E-state index is 0.329. The fourth-order valence-electron chi connectivity index (χ4n) is 1.52. The van der Waals surface area contributed by atoms with Crippen molar-refractivity contribution in [1.29, 1.82) is 0 Å². The molecule has 17 heavy (non-hydrogen) atoms. The molecule has 0 aliphatic carbocycles. The molecular formula is C11H20N2O3S. The number of aliphatic carboxylic acids is 1. The van der Waals surface area contributed by atoms with Gasteiger partial charge in [0.2, 0.25) is 0 Å². The summed E-state index contributed by atoms with van der Waals surface area (Å²) >= 11 is 1.86. The minimum atomic E-state index is -1.19. The van der Waals surface area contributed by atoms with Crippen LogP contribution >= 0.6 is 11.8 Å². The van der Waals surface area contributed by atoms with E-state index >= 15 is 0 Å². The summed E-state index contributed by atoms with van der Waals surface area (Å²) in [5, 5.41) is 12.3. The van der Waals surface area contributed by atoms with Crippen LogP contribution in [0.1, 0.15) is 26.7 Å². The number of likely N-dealkylation sites (N-methyl/N-ethyl adjacent to an activating group) is 1. The summed E-state index contributed by atoms with van der Waals surface area (Å²) in [6.45, 7) is 3.64. The highest BCUT2D eigenvalue weighted by Gasteiger charge is 2.35. The van der Waals surface area contributed by atoms with E-state index in [9.17, 15) is 9.59 Å². The van der Waals surface area contributed by atoms with Gasteiger partial charge in [-0.15, -0.1) is 0 Å². The normalized spacial score (nSPS) is 20.1. The maximum Gasteiger partial charge on any atom is 0.329 e. The Kier molecular flexibility index (Phi) is 4.68. The van der Waals surface area contributed by atoms with Gasteiger partial charge in [-0.3, -0.25) is 0 Å². The molecule has 6 heteroatoms. The van der Waals surface area contributed by atoms with Gasteiger partial charge in [0, 0.05) is 18.8 Å². The first-order chi connectivity index (χ1) is 7.85. The zero-order valence-electron chi connectivity index (χ0n) is 10.5. The second-order valence-electron chi connectivity index (χ2n) is 4.74. The molecule has 5 nitrogen and oxygen atoms in total. The predicted octanol–water partition coefficient (Wildman–Crippen LogP) is 1.39. The van der Waals surface area contributed by atoms with Crippen LogP contribution in [-0.2, 0) is 4.79 Å². The van der Waals surface area contributed by atoms with E-state index in [0.717, 1.165) is 12.2 Å². The van der Waals surface area contributed by atoms with Crippen LogP contribution in [0, 0.1) is 0 Å². The predicted molar refractivity (Wildman–Crippen MR) is 68.4 cm³/mol. The van der Waals surface area contributed by atoms with Crippen LogP contribution in [-0.4, -0.2) is 52.1 Å². The molecule has 1 unspecified atom stereocenters. The third kappa shape index (κ3) is 3.52. The molecule has 2 amide bonds. The van der Waals surface area contributed by atoms with Gasteiger partial charge in [0.25, 0.3) is 0 Å². The molecule has 1 heterocycles. The molecule has 1 atom stereocenters. The lowest BCUT2D eigenvalue weighted by Gasteiger charge is -2.31. The van der Waals surface area contributed by atoms with E-state index in [1.165, 1.54) is 32.2 Å². The first kappa shape index (κ1) is 14.2. The van der Waals surface area contributed by atoms with Crippen molar-refractivity contribution in [3.05, 3.63) is 0 Å². The van der Waals surface area contributed by atoms with Gasteiger partial charge in [-0.05, 0) is 32.4 Å². The number of carbonyl (C=O) groups excluding carboxylic acids is 1. The third-order valence-electron chi connectivity index (χ3n) is 3.17. The molecule has 1 aliphatic rings. The quantitative estimate of drug-likeness (QED) is 0.801. The molecule has 2 N–H and O–H groups in total. The highest BCUT2D eigenvalue weighted by Crippen LogP contribution is 2.25. The molecule has 1 fully saturated rings. The Labute approximate surface area is 106 Å². The number of carboxylic acids is 1. The van der Waals surface area contributed by atoms with Crippen molar-refractivity contribution in [3.8, 4) is 0 Å². The highest BCUT2D eigenvalue weighted by molar-refractivity contribution is 8.00. The van der Waals surface area contributed by atoms with Crippen LogP contribution in [0.4, 0.5) is 4.79 Å². The fraction of sp³-hybridized carbons (Fsp3) is 0.818. The summed E-state index contributed by atoms with van der Waals surface area (Å²) in [4.78, 5) is 24.0. The Balaban J connectivity index is 2.43. The zero-order valence-corrected chi connectivity index (χ0v) is 11.3.